The summed E-state index contributed by atoms with van der Waals surface area (Å²) in [7, 11) is 1.71. The minimum absolute atomic E-state index is 0.00476. The highest BCUT2D eigenvalue weighted by Gasteiger charge is 2.46. The van der Waals surface area contributed by atoms with Crippen LogP contribution in [0.4, 0.5) is 0 Å². The van der Waals surface area contributed by atoms with Crippen molar-refractivity contribution in [2.24, 2.45) is 0 Å². The van der Waals surface area contributed by atoms with E-state index in [0.29, 0.717) is 25.9 Å². The van der Waals surface area contributed by atoms with E-state index in [1.54, 1.807) is 12.0 Å². The third-order valence-electron chi connectivity index (χ3n) is 7.83. The van der Waals surface area contributed by atoms with Crippen molar-refractivity contribution in [3.05, 3.63) is 65.4 Å². The van der Waals surface area contributed by atoms with Gasteiger partial charge < -0.3 is 25.3 Å². The first kappa shape index (κ1) is 25.3. The fraction of sp³-hybridized carbons (Fsp3) is 0.448. The third kappa shape index (κ3) is 5.22. The Balaban J connectivity index is 1.22. The lowest BCUT2D eigenvalue weighted by Crippen LogP contribution is -2.61. The Labute approximate surface area is 218 Å². The molecule has 3 N–H and O–H groups in total. The summed E-state index contributed by atoms with van der Waals surface area (Å²) in [6.07, 6.45) is 3.05. The number of amides is 2. The largest absolute Gasteiger partial charge is 0.496 e. The number of nitrogens with zero attached hydrogens (tertiary/aromatic N) is 2. The number of aromatic nitrogens is 1. The van der Waals surface area contributed by atoms with Crippen LogP contribution in [0.25, 0.3) is 10.9 Å². The lowest BCUT2D eigenvalue weighted by Gasteiger charge is -2.34. The fourth-order valence-electron chi connectivity index (χ4n) is 5.68. The van der Waals surface area contributed by atoms with Gasteiger partial charge in [-0.15, -0.1) is 0 Å². The minimum atomic E-state index is -0.536. The van der Waals surface area contributed by atoms with E-state index >= 15 is 0 Å². The zero-order valence-corrected chi connectivity index (χ0v) is 21.9. The van der Waals surface area contributed by atoms with Gasteiger partial charge in [0.25, 0.3) is 0 Å². The number of fused-ring (bicyclic) bond motifs is 2. The maximum Gasteiger partial charge on any atom is 0.246 e. The molecule has 0 aliphatic carbocycles. The molecule has 0 saturated carbocycles. The summed E-state index contributed by atoms with van der Waals surface area (Å²) in [4.78, 5) is 33.7. The highest BCUT2D eigenvalue weighted by Crippen LogP contribution is 2.27. The van der Waals surface area contributed by atoms with Gasteiger partial charge in [0, 0.05) is 54.8 Å². The maximum atomic E-state index is 13.4. The molecule has 3 aromatic rings. The first-order valence-corrected chi connectivity index (χ1v) is 13.3. The second kappa shape index (κ2) is 10.9. The number of hydrogen-bond acceptors (Lipinski definition) is 5. The number of H-pyrrole nitrogens is 1. The zero-order chi connectivity index (χ0) is 25.9. The van der Waals surface area contributed by atoms with Crippen LogP contribution < -0.4 is 15.4 Å². The normalized spacial score (nSPS) is 21.5. The highest BCUT2D eigenvalue weighted by molar-refractivity contribution is 5.98. The molecule has 0 bridgehead atoms. The smallest absolute Gasteiger partial charge is 0.246 e. The Kier molecular flexibility index (Phi) is 7.48. The van der Waals surface area contributed by atoms with Crippen LogP contribution in [0.15, 0.2) is 48.7 Å². The zero-order valence-electron chi connectivity index (χ0n) is 21.9. The van der Waals surface area contributed by atoms with Crippen LogP contribution in [0.5, 0.6) is 5.75 Å². The van der Waals surface area contributed by atoms with E-state index in [9.17, 15) is 9.59 Å². The second-order valence-corrected chi connectivity index (χ2v) is 10.1. The van der Waals surface area contributed by atoms with E-state index < -0.39 is 12.1 Å². The predicted octanol–water partition coefficient (Wildman–Crippen LogP) is 2.82. The Morgan fingerprint density at radius 3 is 2.70 bits per heavy atom. The summed E-state index contributed by atoms with van der Waals surface area (Å²) in [5.41, 5.74) is 4.42. The first-order chi connectivity index (χ1) is 18.0. The standard InChI is InChI=1S/C29H37N5O3/c1-4-33(5-2)17-21-12-19(10-11-27(21)37-3)15-30-22-14-26-28(35)32-25(29(36)34(26)18-22)13-20-16-31-24-9-7-6-8-23(20)24/h6-12,16,22,25-26,30-31H,4-5,13-15,17-18H2,1-3H3,(H,32,35)/t22-,25-,26-/m0/s1. The number of rotatable bonds is 10. The van der Waals surface area contributed by atoms with Gasteiger partial charge in [-0.2, -0.15) is 0 Å². The number of hydrogen-bond donors (Lipinski definition) is 3. The molecule has 196 valence electrons. The van der Waals surface area contributed by atoms with Crippen molar-refractivity contribution in [1.82, 2.24) is 25.4 Å². The third-order valence-corrected chi connectivity index (χ3v) is 7.83. The van der Waals surface area contributed by atoms with Crippen molar-refractivity contribution in [3.63, 3.8) is 0 Å². The molecule has 2 aliphatic rings. The average molecular weight is 504 g/mol. The molecule has 0 radical (unpaired) electrons. The van der Waals surface area contributed by atoms with Crippen molar-refractivity contribution in [2.75, 3.05) is 26.7 Å². The minimum Gasteiger partial charge on any atom is -0.496 e. The molecular weight excluding hydrogens is 466 g/mol. The number of piperazine rings is 1. The molecule has 2 amide bonds. The van der Waals surface area contributed by atoms with Crippen LogP contribution in [0.2, 0.25) is 0 Å². The fourth-order valence-corrected chi connectivity index (χ4v) is 5.68. The van der Waals surface area contributed by atoms with E-state index in [0.717, 1.165) is 41.9 Å². The number of benzene rings is 2. The average Bonchev–Trinajstić information content (AvgIpc) is 3.54. The summed E-state index contributed by atoms with van der Waals surface area (Å²) in [6, 6.07) is 13.5. The number of carbonyl (C=O) groups is 2. The quantitative estimate of drug-likeness (QED) is 0.396. The summed E-state index contributed by atoms with van der Waals surface area (Å²) < 4.78 is 5.59. The Hall–Kier alpha value is -3.36. The molecule has 2 aromatic carbocycles. The van der Waals surface area contributed by atoms with Crippen molar-refractivity contribution in [2.45, 2.75) is 57.9 Å². The number of para-hydroxylation sites is 1. The van der Waals surface area contributed by atoms with Gasteiger partial charge in [0.1, 0.15) is 17.8 Å². The second-order valence-electron chi connectivity index (χ2n) is 10.1. The highest BCUT2D eigenvalue weighted by atomic mass is 16.5. The van der Waals surface area contributed by atoms with Crippen molar-refractivity contribution in [1.29, 1.82) is 0 Å². The number of ether oxygens (including phenoxy) is 1. The topological polar surface area (TPSA) is 89.7 Å². The van der Waals surface area contributed by atoms with E-state index in [-0.39, 0.29) is 17.9 Å². The molecule has 8 heteroatoms. The first-order valence-electron chi connectivity index (χ1n) is 13.3. The molecule has 3 atom stereocenters. The van der Waals surface area contributed by atoms with E-state index in [1.165, 1.54) is 11.1 Å². The van der Waals surface area contributed by atoms with Crippen molar-refractivity contribution in [3.8, 4) is 5.75 Å². The van der Waals surface area contributed by atoms with Crippen LogP contribution in [0, 0.1) is 0 Å². The van der Waals surface area contributed by atoms with Gasteiger partial charge in [-0.25, -0.2) is 0 Å². The van der Waals surface area contributed by atoms with Crippen LogP contribution in [-0.2, 0) is 29.1 Å². The van der Waals surface area contributed by atoms with Gasteiger partial charge in [-0.3, -0.25) is 14.5 Å². The SMILES string of the molecule is CCN(CC)Cc1cc(CN[C@H]2C[C@H]3C(=O)N[C@@H](Cc4c[nH]c5ccccc45)C(=O)N3C2)ccc1OC. The van der Waals surface area contributed by atoms with Crippen LogP contribution in [0.1, 0.15) is 37.0 Å². The molecule has 2 aliphatic heterocycles. The molecule has 1 aromatic heterocycles. The number of carbonyl (C=O) groups excluding carboxylic acids is 2. The summed E-state index contributed by atoms with van der Waals surface area (Å²) in [6.45, 7) is 8.36. The Morgan fingerprint density at radius 2 is 1.92 bits per heavy atom. The molecular formula is C29H37N5O3. The maximum absolute atomic E-state index is 13.4. The van der Waals surface area contributed by atoms with Crippen LogP contribution in [-0.4, -0.2) is 71.5 Å². The Morgan fingerprint density at radius 1 is 1.11 bits per heavy atom. The lowest BCUT2D eigenvalue weighted by molar-refractivity contribution is -0.146. The van der Waals surface area contributed by atoms with Gasteiger partial charge in [0.2, 0.25) is 11.8 Å². The monoisotopic (exact) mass is 503 g/mol. The van der Waals surface area contributed by atoms with E-state index in [4.69, 9.17) is 4.74 Å². The molecule has 2 fully saturated rings. The molecule has 0 spiro atoms. The molecule has 3 heterocycles. The summed E-state index contributed by atoms with van der Waals surface area (Å²) >= 11 is 0. The van der Waals surface area contributed by atoms with Gasteiger partial charge in [-0.05, 0) is 48.8 Å². The molecule has 2 saturated heterocycles. The molecule has 5 rings (SSSR count). The number of methoxy groups -OCH3 is 1. The molecule has 37 heavy (non-hydrogen) atoms. The van der Waals surface area contributed by atoms with E-state index in [2.05, 4.69) is 46.5 Å². The van der Waals surface area contributed by atoms with Crippen LogP contribution in [0.3, 0.4) is 0 Å². The van der Waals surface area contributed by atoms with Crippen LogP contribution >= 0.6 is 0 Å². The van der Waals surface area contributed by atoms with E-state index in [1.807, 2.05) is 36.5 Å². The molecule has 8 nitrogen and oxygen atoms in total. The van der Waals surface area contributed by atoms with Crippen molar-refractivity contribution >= 4 is 22.7 Å². The Bertz CT molecular complexity index is 1270. The summed E-state index contributed by atoms with van der Waals surface area (Å²) in [5, 5.41) is 7.68. The van der Waals surface area contributed by atoms with Gasteiger partial charge in [0.05, 0.1) is 7.11 Å². The molecule has 0 unspecified atom stereocenters. The number of aromatic amines is 1. The lowest BCUT2D eigenvalue weighted by atomic mass is 10.0. The predicted molar refractivity (Wildman–Crippen MR) is 144 cm³/mol. The summed E-state index contributed by atoms with van der Waals surface area (Å²) in [5.74, 6) is 0.849. The number of nitrogens with one attached hydrogen (secondary N) is 3. The van der Waals surface area contributed by atoms with Gasteiger partial charge in [0.15, 0.2) is 0 Å². The van der Waals surface area contributed by atoms with Crippen molar-refractivity contribution < 1.29 is 14.3 Å². The van der Waals surface area contributed by atoms with Gasteiger partial charge in [-0.1, -0.05) is 38.1 Å². The van der Waals surface area contributed by atoms with Gasteiger partial charge >= 0.3 is 0 Å².